The molecule has 1 fully saturated rings. The third-order valence-electron chi connectivity index (χ3n) is 3.08. The number of halogens is 2. The van der Waals surface area contributed by atoms with E-state index in [0.717, 1.165) is 11.4 Å². The largest absolute Gasteiger partial charge is 0.379 e. The Bertz CT molecular complexity index is 563. The van der Waals surface area contributed by atoms with Crippen LogP contribution in [-0.4, -0.2) is 9.55 Å². The molecule has 2 aromatic rings. The standard InChI is InChI=1S/C13H13BrFN3/c14-12-4-1-9(5-13(12)15)17-7-11-6-16-8-18(11)10-2-3-10/h1,4-6,8,10,17H,2-3,7H2. The summed E-state index contributed by atoms with van der Waals surface area (Å²) in [7, 11) is 0. The molecule has 3 rings (SSSR count). The number of imidazole rings is 1. The van der Waals surface area contributed by atoms with Crippen LogP contribution < -0.4 is 5.32 Å². The molecule has 1 N–H and O–H groups in total. The fourth-order valence-corrected chi connectivity index (χ4v) is 2.20. The molecule has 1 saturated carbocycles. The minimum Gasteiger partial charge on any atom is -0.379 e. The Kier molecular flexibility index (Phi) is 3.07. The number of hydrogen-bond acceptors (Lipinski definition) is 2. The van der Waals surface area contributed by atoms with Gasteiger partial charge in [0.1, 0.15) is 5.82 Å². The van der Waals surface area contributed by atoms with Crippen LogP contribution in [0.15, 0.2) is 35.2 Å². The molecule has 1 aromatic heterocycles. The van der Waals surface area contributed by atoms with E-state index in [1.165, 1.54) is 18.9 Å². The third kappa shape index (κ3) is 2.41. The van der Waals surface area contributed by atoms with Gasteiger partial charge in [-0.05, 0) is 47.0 Å². The van der Waals surface area contributed by atoms with E-state index < -0.39 is 0 Å². The van der Waals surface area contributed by atoms with Crippen molar-refractivity contribution in [3.8, 4) is 0 Å². The zero-order chi connectivity index (χ0) is 12.5. The molecule has 1 aromatic carbocycles. The maximum absolute atomic E-state index is 13.4. The zero-order valence-corrected chi connectivity index (χ0v) is 11.3. The molecule has 3 nitrogen and oxygen atoms in total. The summed E-state index contributed by atoms with van der Waals surface area (Å²) < 4.78 is 16.0. The molecule has 18 heavy (non-hydrogen) atoms. The lowest BCUT2D eigenvalue weighted by atomic mass is 10.3. The van der Waals surface area contributed by atoms with Crippen LogP contribution in [0.4, 0.5) is 10.1 Å². The van der Waals surface area contributed by atoms with E-state index in [1.54, 1.807) is 6.07 Å². The van der Waals surface area contributed by atoms with Gasteiger partial charge in [0.25, 0.3) is 0 Å². The van der Waals surface area contributed by atoms with E-state index in [0.29, 0.717) is 17.1 Å². The summed E-state index contributed by atoms with van der Waals surface area (Å²) in [4.78, 5) is 4.17. The van der Waals surface area contributed by atoms with Crippen LogP contribution in [0.2, 0.25) is 0 Å². The number of anilines is 1. The van der Waals surface area contributed by atoms with Crippen LogP contribution in [0.3, 0.4) is 0 Å². The average molecular weight is 310 g/mol. The van der Waals surface area contributed by atoms with Gasteiger partial charge in [-0.2, -0.15) is 0 Å². The molecule has 0 spiro atoms. The molecule has 94 valence electrons. The van der Waals surface area contributed by atoms with Crippen molar-refractivity contribution < 1.29 is 4.39 Å². The minimum absolute atomic E-state index is 0.254. The Balaban J connectivity index is 1.69. The number of hydrogen-bond donors (Lipinski definition) is 1. The zero-order valence-electron chi connectivity index (χ0n) is 9.74. The van der Waals surface area contributed by atoms with Crippen LogP contribution in [-0.2, 0) is 6.54 Å². The lowest BCUT2D eigenvalue weighted by molar-refractivity contribution is 0.621. The van der Waals surface area contributed by atoms with E-state index in [-0.39, 0.29) is 5.82 Å². The Hall–Kier alpha value is -1.36. The number of nitrogens with one attached hydrogen (secondary N) is 1. The first kappa shape index (κ1) is 11.7. The normalized spacial score (nSPS) is 14.8. The van der Waals surface area contributed by atoms with Crippen molar-refractivity contribution in [3.05, 3.63) is 46.7 Å². The van der Waals surface area contributed by atoms with Gasteiger partial charge < -0.3 is 9.88 Å². The average Bonchev–Trinajstić information content (AvgIpc) is 3.10. The second kappa shape index (κ2) is 4.72. The smallest absolute Gasteiger partial charge is 0.139 e. The van der Waals surface area contributed by atoms with Crippen molar-refractivity contribution in [1.82, 2.24) is 9.55 Å². The molecule has 1 aliphatic carbocycles. The van der Waals surface area contributed by atoms with E-state index in [2.05, 4.69) is 30.8 Å². The maximum atomic E-state index is 13.4. The number of benzene rings is 1. The van der Waals surface area contributed by atoms with Gasteiger partial charge in [0, 0.05) is 17.9 Å². The van der Waals surface area contributed by atoms with Crippen LogP contribution in [0, 0.1) is 5.82 Å². The fourth-order valence-electron chi connectivity index (χ4n) is 1.95. The quantitative estimate of drug-likeness (QED) is 0.932. The van der Waals surface area contributed by atoms with Gasteiger partial charge in [0.05, 0.1) is 23.0 Å². The van der Waals surface area contributed by atoms with Crippen molar-refractivity contribution in [2.24, 2.45) is 0 Å². The van der Waals surface area contributed by atoms with Crippen LogP contribution in [0.5, 0.6) is 0 Å². The minimum atomic E-state index is -0.254. The fraction of sp³-hybridized carbons (Fsp3) is 0.308. The van der Waals surface area contributed by atoms with E-state index in [4.69, 9.17) is 0 Å². The first-order chi connectivity index (χ1) is 8.74. The topological polar surface area (TPSA) is 29.9 Å². The van der Waals surface area contributed by atoms with E-state index >= 15 is 0 Å². The highest BCUT2D eigenvalue weighted by molar-refractivity contribution is 9.10. The number of rotatable bonds is 4. The predicted octanol–water partition coefficient (Wildman–Crippen LogP) is 3.73. The van der Waals surface area contributed by atoms with Gasteiger partial charge in [0.2, 0.25) is 0 Å². The van der Waals surface area contributed by atoms with Gasteiger partial charge in [-0.15, -0.1) is 0 Å². The summed E-state index contributed by atoms with van der Waals surface area (Å²) in [6, 6.07) is 5.66. The van der Waals surface area contributed by atoms with Crippen molar-refractivity contribution in [3.63, 3.8) is 0 Å². The molecule has 0 aliphatic heterocycles. The Morgan fingerprint density at radius 2 is 2.28 bits per heavy atom. The summed E-state index contributed by atoms with van der Waals surface area (Å²) in [5.74, 6) is -0.254. The van der Waals surface area contributed by atoms with Crippen LogP contribution in [0.25, 0.3) is 0 Å². The van der Waals surface area contributed by atoms with Gasteiger partial charge in [-0.3, -0.25) is 0 Å². The highest BCUT2D eigenvalue weighted by Gasteiger charge is 2.24. The maximum Gasteiger partial charge on any atom is 0.139 e. The molecule has 1 aliphatic rings. The summed E-state index contributed by atoms with van der Waals surface area (Å²) in [5, 5.41) is 3.22. The lowest BCUT2D eigenvalue weighted by Gasteiger charge is -2.09. The molecular formula is C13H13BrFN3. The molecule has 0 bridgehead atoms. The van der Waals surface area contributed by atoms with Crippen molar-refractivity contribution >= 4 is 21.6 Å². The summed E-state index contributed by atoms with van der Waals surface area (Å²) in [5.41, 5.74) is 1.92. The van der Waals surface area contributed by atoms with Gasteiger partial charge in [0.15, 0.2) is 0 Å². The van der Waals surface area contributed by atoms with E-state index in [1.807, 2.05) is 18.6 Å². The third-order valence-corrected chi connectivity index (χ3v) is 3.72. The monoisotopic (exact) mass is 309 g/mol. The Labute approximate surface area is 113 Å². The molecule has 0 unspecified atom stereocenters. The molecule has 0 atom stereocenters. The van der Waals surface area contributed by atoms with Crippen molar-refractivity contribution in [2.75, 3.05) is 5.32 Å². The molecule has 1 heterocycles. The van der Waals surface area contributed by atoms with Gasteiger partial charge in [-0.1, -0.05) is 0 Å². The summed E-state index contributed by atoms with van der Waals surface area (Å²) in [6.45, 7) is 0.664. The van der Waals surface area contributed by atoms with Gasteiger partial charge >= 0.3 is 0 Å². The number of aromatic nitrogens is 2. The molecule has 5 heteroatoms. The highest BCUT2D eigenvalue weighted by Crippen LogP contribution is 2.35. The summed E-state index contributed by atoms with van der Waals surface area (Å²) in [6.07, 6.45) is 6.20. The molecule has 0 radical (unpaired) electrons. The summed E-state index contributed by atoms with van der Waals surface area (Å²) >= 11 is 3.14. The molecule has 0 amide bonds. The van der Waals surface area contributed by atoms with E-state index in [9.17, 15) is 4.39 Å². The lowest BCUT2D eigenvalue weighted by Crippen LogP contribution is -2.06. The Morgan fingerprint density at radius 3 is 3.00 bits per heavy atom. The molecular weight excluding hydrogens is 297 g/mol. The van der Waals surface area contributed by atoms with Crippen LogP contribution >= 0.6 is 15.9 Å². The second-order valence-electron chi connectivity index (χ2n) is 4.51. The van der Waals surface area contributed by atoms with Crippen molar-refractivity contribution in [1.29, 1.82) is 0 Å². The molecule has 0 saturated heterocycles. The predicted molar refractivity (Wildman–Crippen MR) is 71.9 cm³/mol. The highest BCUT2D eigenvalue weighted by atomic mass is 79.9. The SMILES string of the molecule is Fc1cc(NCc2cncn2C2CC2)ccc1Br. The van der Waals surface area contributed by atoms with Crippen molar-refractivity contribution in [2.45, 2.75) is 25.4 Å². The van der Waals surface area contributed by atoms with Crippen LogP contribution in [0.1, 0.15) is 24.6 Å². The van der Waals surface area contributed by atoms with Gasteiger partial charge in [-0.25, -0.2) is 9.37 Å². The second-order valence-corrected chi connectivity index (χ2v) is 5.36. The first-order valence-electron chi connectivity index (χ1n) is 5.93. The Morgan fingerprint density at radius 1 is 1.44 bits per heavy atom. The first-order valence-corrected chi connectivity index (χ1v) is 6.73. The number of nitrogens with zero attached hydrogens (tertiary/aromatic N) is 2.